The number of esters is 1. The molecule has 3 aromatic rings. The highest BCUT2D eigenvalue weighted by Crippen LogP contribution is 2.15. The van der Waals surface area contributed by atoms with Crippen LogP contribution < -0.4 is 10.1 Å². The van der Waals surface area contributed by atoms with Gasteiger partial charge in [-0.15, -0.1) is 0 Å². The van der Waals surface area contributed by atoms with Crippen LogP contribution in [0.1, 0.15) is 33.2 Å². The molecule has 0 aliphatic carbocycles. The van der Waals surface area contributed by atoms with Crippen molar-refractivity contribution in [3.05, 3.63) is 95.6 Å². The number of rotatable bonds is 8. The van der Waals surface area contributed by atoms with Crippen molar-refractivity contribution in [2.75, 3.05) is 11.9 Å². The Morgan fingerprint density at radius 3 is 2.07 bits per heavy atom. The molecular formula is C24H21NO5. The number of benzene rings is 3. The summed E-state index contributed by atoms with van der Waals surface area (Å²) in [6, 6.07) is 22.7. The second kappa shape index (κ2) is 10.0. The fraction of sp³-hybridized carbons (Fsp3) is 0.125. The Kier molecular flexibility index (Phi) is 6.95. The Labute approximate surface area is 174 Å². The van der Waals surface area contributed by atoms with E-state index in [1.165, 1.54) is 6.92 Å². The SMILES string of the molecule is CC(=O)c1ccc(NC(=O)COC(=O)c2ccc(OCc3ccccc3)cc2)cc1. The molecule has 0 saturated carbocycles. The highest BCUT2D eigenvalue weighted by molar-refractivity contribution is 5.97. The van der Waals surface area contributed by atoms with Crippen LogP contribution in [0.15, 0.2) is 78.9 Å². The Hall–Kier alpha value is -3.93. The number of carbonyl (C=O) groups excluding carboxylic acids is 3. The van der Waals surface area contributed by atoms with Gasteiger partial charge in [-0.25, -0.2) is 4.79 Å². The van der Waals surface area contributed by atoms with Crippen LogP contribution in [0.2, 0.25) is 0 Å². The molecule has 0 saturated heterocycles. The van der Waals surface area contributed by atoms with E-state index in [0.717, 1.165) is 5.56 Å². The normalized spacial score (nSPS) is 10.2. The predicted molar refractivity (Wildman–Crippen MR) is 113 cm³/mol. The summed E-state index contributed by atoms with van der Waals surface area (Å²) >= 11 is 0. The first-order valence-electron chi connectivity index (χ1n) is 9.36. The van der Waals surface area contributed by atoms with Gasteiger partial charge in [0.2, 0.25) is 0 Å². The van der Waals surface area contributed by atoms with Crippen LogP contribution in [0.25, 0.3) is 0 Å². The molecule has 0 spiro atoms. The molecule has 0 radical (unpaired) electrons. The molecule has 0 aliphatic rings. The van der Waals surface area contributed by atoms with E-state index in [2.05, 4.69) is 5.32 Å². The Balaban J connectivity index is 1.45. The van der Waals surface area contributed by atoms with Crippen molar-refractivity contribution in [3.8, 4) is 5.75 Å². The predicted octanol–water partition coefficient (Wildman–Crippen LogP) is 4.26. The third-order valence-corrected chi connectivity index (χ3v) is 4.25. The van der Waals surface area contributed by atoms with E-state index in [4.69, 9.17) is 9.47 Å². The molecule has 6 heteroatoms. The third-order valence-electron chi connectivity index (χ3n) is 4.25. The highest BCUT2D eigenvalue weighted by atomic mass is 16.5. The van der Waals surface area contributed by atoms with E-state index in [9.17, 15) is 14.4 Å². The van der Waals surface area contributed by atoms with E-state index in [1.54, 1.807) is 48.5 Å². The Morgan fingerprint density at radius 1 is 0.800 bits per heavy atom. The standard InChI is InChI=1S/C24H21NO5/c1-17(26)19-7-11-21(12-8-19)25-23(27)16-30-24(28)20-9-13-22(14-10-20)29-15-18-5-3-2-4-6-18/h2-14H,15-16H2,1H3,(H,25,27). The quantitative estimate of drug-likeness (QED) is 0.449. The van der Waals surface area contributed by atoms with E-state index in [1.807, 2.05) is 30.3 Å². The monoisotopic (exact) mass is 403 g/mol. The van der Waals surface area contributed by atoms with Gasteiger partial charge >= 0.3 is 5.97 Å². The lowest BCUT2D eigenvalue weighted by Gasteiger charge is -2.08. The smallest absolute Gasteiger partial charge is 0.338 e. The first-order valence-corrected chi connectivity index (χ1v) is 9.36. The topological polar surface area (TPSA) is 81.7 Å². The lowest BCUT2D eigenvalue weighted by atomic mass is 10.1. The van der Waals surface area contributed by atoms with E-state index in [0.29, 0.717) is 29.2 Å². The molecule has 3 aromatic carbocycles. The van der Waals surface area contributed by atoms with Gasteiger partial charge in [-0.05, 0) is 61.0 Å². The summed E-state index contributed by atoms with van der Waals surface area (Å²) in [4.78, 5) is 35.4. The molecule has 0 atom stereocenters. The van der Waals surface area contributed by atoms with E-state index >= 15 is 0 Å². The third kappa shape index (κ3) is 6.04. The average molecular weight is 403 g/mol. The van der Waals surface area contributed by atoms with Gasteiger partial charge in [0.15, 0.2) is 12.4 Å². The minimum atomic E-state index is -0.605. The molecule has 3 rings (SSSR count). The minimum absolute atomic E-state index is 0.0571. The van der Waals surface area contributed by atoms with Gasteiger partial charge in [0.05, 0.1) is 5.56 Å². The zero-order valence-corrected chi connectivity index (χ0v) is 16.5. The fourth-order valence-electron chi connectivity index (χ4n) is 2.63. The number of amides is 1. The minimum Gasteiger partial charge on any atom is -0.489 e. The molecule has 0 aromatic heterocycles. The number of ether oxygens (including phenoxy) is 2. The number of nitrogens with one attached hydrogen (secondary N) is 1. The summed E-state index contributed by atoms with van der Waals surface area (Å²) in [5, 5.41) is 2.61. The van der Waals surface area contributed by atoms with Gasteiger partial charge in [0.1, 0.15) is 12.4 Å². The van der Waals surface area contributed by atoms with Gasteiger partial charge < -0.3 is 14.8 Å². The molecular weight excluding hydrogens is 382 g/mol. The number of anilines is 1. The van der Waals surface area contributed by atoms with Gasteiger partial charge in [-0.3, -0.25) is 9.59 Å². The zero-order chi connectivity index (χ0) is 21.3. The van der Waals surface area contributed by atoms with Crippen molar-refractivity contribution in [2.24, 2.45) is 0 Å². The van der Waals surface area contributed by atoms with Crippen molar-refractivity contribution in [2.45, 2.75) is 13.5 Å². The molecule has 1 amide bonds. The van der Waals surface area contributed by atoms with Crippen molar-refractivity contribution >= 4 is 23.3 Å². The maximum Gasteiger partial charge on any atom is 0.338 e. The zero-order valence-electron chi connectivity index (χ0n) is 16.5. The number of hydrogen-bond donors (Lipinski definition) is 1. The second-order valence-corrected chi connectivity index (χ2v) is 6.56. The van der Waals surface area contributed by atoms with Gasteiger partial charge in [0.25, 0.3) is 5.91 Å². The van der Waals surface area contributed by atoms with Crippen LogP contribution in [0.4, 0.5) is 5.69 Å². The van der Waals surface area contributed by atoms with Crippen molar-refractivity contribution in [1.29, 1.82) is 0 Å². The summed E-state index contributed by atoms with van der Waals surface area (Å²) in [5.41, 5.74) is 2.43. The molecule has 6 nitrogen and oxygen atoms in total. The molecule has 1 N–H and O–H groups in total. The van der Waals surface area contributed by atoms with Crippen LogP contribution >= 0.6 is 0 Å². The van der Waals surface area contributed by atoms with Crippen LogP contribution in [0.3, 0.4) is 0 Å². The fourth-order valence-corrected chi connectivity index (χ4v) is 2.63. The summed E-state index contributed by atoms with van der Waals surface area (Å²) in [7, 11) is 0. The summed E-state index contributed by atoms with van der Waals surface area (Å²) in [6.07, 6.45) is 0. The number of ketones is 1. The lowest BCUT2D eigenvalue weighted by molar-refractivity contribution is -0.119. The van der Waals surface area contributed by atoms with Crippen molar-refractivity contribution < 1.29 is 23.9 Å². The van der Waals surface area contributed by atoms with Crippen LogP contribution in [0.5, 0.6) is 5.75 Å². The maximum absolute atomic E-state index is 12.1. The second-order valence-electron chi connectivity index (χ2n) is 6.56. The Bertz CT molecular complexity index is 1010. The van der Waals surface area contributed by atoms with Crippen molar-refractivity contribution in [1.82, 2.24) is 0 Å². The largest absolute Gasteiger partial charge is 0.489 e. The molecule has 152 valence electrons. The van der Waals surface area contributed by atoms with E-state index < -0.39 is 18.5 Å². The number of hydrogen-bond acceptors (Lipinski definition) is 5. The highest BCUT2D eigenvalue weighted by Gasteiger charge is 2.11. The summed E-state index contributed by atoms with van der Waals surface area (Å²) < 4.78 is 10.7. The van der Waals surface area contributed by atoms with Crippen LogP contribution in [-0.2, 0) is 16.1 Å². The molecule has 0 bridgehead atoms. The van der Waals surface area contributed by atoms with Gasteiger partial charge in [0, 0.05) is 11.3 Å². The summed E-state index contributed by atoms with van der Waals surface area (Å²) in [5.74, 6) is -0.506. The first-order chi connectivity index (χ1) is 14.5. The van der Waals surface area contributed by atoms with Crippen molar-refractivity contribution in [3.63, 3.8) is 0 Å². The molecule has 0 heterocycles. The van der Waals surface area contributed by atoms with Gasteiger partial charge in [-0.2, -0.15) is 0 Å². The number of carbonyl (C=O) groups is 3. The maximum atomic E-state index is 12.1. The number of Topliss-reactive ketones (excluding diaryl/α,β-unsaturated/α-hetero) is 1. The summed E-state index contributed by atoms with van der Waals surface area (Å²) in [6.45, 7) is 1.48. The average Bonchev–Trinajstić information content (AvgIpc) is 2.77. The molecule has 0 unspecified atom stereocenters. The van der Waals surface area contributed by atoms with Crippen LogP contribution in [0, 0.1) is 0 Å². The molecule has 30 heavy (non-hydrogen) atoms. The lowest BCUT2D eigenvalue weighted by Crippen LogP contribution is -2.20. The van der Waals surface area contributed by atoms with Gasteiger partial charge in [-0.1, -0.05) is 30.3 Å². The van der Waals surface area contributed by atoms with Crippen LogP contribution in [-0.4, -0.2) is 24.3 Å². The Morgan fingerprint density at radius 2 is 1.43 bits per heavy atom. The van der Waals surface area contributed by atoms with E-state index in [-0.39, 0.29) is 5.78 Å². The first kappa shape index (κ1) is 20.8. The molecule has 0 fully saturated rings. The molecule has 0 aliphatic heterocycles.